The molecule has 2 fully saturated rings. The predicted molar refractivity (Wildman–Crippen MR) is 129 cm³/mol. The van der Waals surface area contributed by atoms with Crippen molar-refractivity contribution in [3.05, 3.63) is 70.3 Å². The highest BCUT2D eigenvalue weighted by Crippen LogP contribution is 2.37. The summed E-state index contributed by atoms with van der Waals surface area (Å²) in [7, 11) is 0. The molecule has 2 aromatic carbocycles. The molecule has 5 rings (SSSR count). The van der Waals surface area contributed by atoms with Crippen molar-refractivity contribution >= 4 is 29.0 Å². The van der Waals surface area contributed by atoms with E-state index in [1.54, 1.807) is 0 Å². The van der Waals surface area contributed by atoms with Crippen LogP contribution in [0.25, 0.3) is 0 Å². The van der Waals surface area contributed by atoms with Gasteiger partial charge >= 0.3 is 0 Å². The molecule has 1 atom stereocenters. The van der Waals surface area contributed by atoms with E-state index in [1.165, 1.54) is 25.7 Å². The minimum Gasteiger partial charge on any atom is -0.402 e. The van der Waals surface area contributed by atoms with Gasteiger partial charge in [0.25, 0.3) is 5.69 Å². The molecule has 1 heterocycles. The van der Waals surface area contributed by atoms with Crippen molar-refractivity contribution in [1.29, 1.82) is 0 Å². The van der Waals surface area contributed by atoms with Crippen molar-refractivity contribution in [3.8, 4) is 0 Å². The molecule has 1 unspecified atom stereocenters. The first kappa shape index (κ1) is 20.8. The number of nitrogens with zero attached hydrogens (tertiary/aromatic N) is 3. The van der Waals surface area contributed by atoms with Crippen molar-refractivity contribution in [2.75, 3.05) is 0 Å². The number of allylic oxidation sites excluding steroid dienone is 2. The number of aliphatic imine (C=N–C) groups is 2. The van der Waals surface area contributed by atoms with Gasteiger partial charge < -0.3 is 11.1 Å². The van der Waals surface area contributed by atoms with Gasteiger partial charge in [-0.05, 0) is 74.4 Å². The molecule has 6 nitrogen and oxygen atoms in total. The Hall–Kier alpha value is -3.12. The summed E-state index contributed by atoms with van der Waals surface area (Å²) in [6, 6.07) is 13.8. The molecule has 0 spiro atoms. The molecule has 1 aliphatic heterocycles. The highest BCUT2D eigenvalue weighted by Gasteiger charge is 2.29. The first-order valence-electron chi connectivity index (χ1n) is 11.5. The van der Waals surface area contributed by atoms with Crippen molar-refractivity contribution in [2.45, 2.75) is 51.7 Å². The van der Waals surface area contributed by atoms with Gasteiger partial charge in [0, 0.05) is 63.5 Å². The molecule has 0 aromatic heterocycles. The van der Waals surface area contributed by atoms with E-state index in [4.69, 9.17) is 10.7 Å². The maximum atomic E-state index is 12.8. The summed E-state index contributed by atoms with van der Waals surface area (Å²) in [5.74, 6) is 1.08. The highest BCUT2D eigenvalue weighted by molar-refractivity contribution is 6.00. The van der Waals surface area contributed by atoms with Crippen LogP contribution in [0.1, 0.15) is 43.7 Å². The first-order valence-corrected chi connectivity index (χ1v) is 11.5. The fourth-order valence-corrected chi connectivity index (χ4v) is 3.95. The molecule has 0 amide bonds. The maximum Gasteiger partial charge on any atom is 0.256 e. The average Bonchev–Trinajstić information content (AvgIpc) is 3.68. The molecular formula is C26H30N5O+. The van der Waals surface area contributed by atoms with Gasteiger partial charge in [-0.2, -0.15) is 0 Å². The summed E-state index contributed by atoms with van der Waals surface area (Å²) in [6.45, 7) is 3.12. The van der Waals surface area contributed by atoms with Crippen LogP contribution < -0.4 is 11.1 Å². The minimum absolute atomic E-state index is 0.240. The summed E-state index contributed by atoms with van der Waals surface area (Å²) in [5.41, 5.74) is 12.8. The molecule has 3 aliphatic rings. The van der Waals surface area contributed by atoms with Gasteiger partial charge in [-0.15, -0.1) is 0 Å². The van der Waals surface area contributed by atoms with Crippen molar-refractivity contribution < 1.29 is 4.76 Å². The van der Waals surface area contributed by atoms with Crippen molar-refractivity contribution in [3.63, 3.8) is 0 Å². The predicted octanol–water partition coefficient (Wildman–Crippen LogP) is 5.23. The highest BCUT2D eigenvalue weighted by atomic mass is 16.3. The number of benzene rings is 2. The summed E-state index contributed by atoms with van der Waals surface area (Å²) in [6.07, 6.45) is 8.75. The van der Waals surface area contributed by atoms with Gasteiger partial charge in [0.05, 0.1) is 11.4 Å². The third-order valence-electron chi connectivity index (χ3n) is 6.28. The molecule has 0 bridgehead atoms. The Bertz CT molecular complexity index is 1110. The lowest BCUT2D eigenvalue weighted by molar-refractivity contribution is -0.480. The van der Waals surface area contributed by atoms with Crippen LogP contribution in [0.4, 0.5) is 17.1 Å². The molecule has 3 N–H and O–H groups in total. The lowest BCUT2D eigenvalue weighted by Gasteiger charge is -2.07. The van der Waals surface area contributed by atoms with Crippen LogP contribution in [0.3, 0.4) is 0 Å². The van der Waals surface area contributed by atoms with Gasteiger partial charge in [-0.1, -0.05) is 6.07 Å². The molecule has 2 saturated carbocycles. The van der Waals surface area contributed by atoms with Crippen molar-refractivity contribution in [2.24, 2.45) is 27.6 Å². The second-order valence-corrected chi connectivity index (χ2v) is 9.19. The Morgan fingerprint density at radius 3 is 2.62 bits per heavy atom. The molecule has 0 radical (unpaired) electrons. The van der Waals surface area contributed by atoms with Crippen LogP contribution in [0.2, 0.25) is 0 Å². The third kappa shape index (κ3) is 5.02. The van der Waals surface area contributed by atoms with Crippen molar-refractivity contribution in [1.82, 2.24) is 5.32 Å². The van der Waals surface area contributed by atoms with E-state index in [9.17, 15) is 4.91 Å². The maximum absolute atomic E-state index is 12.8. The zero-order valence-corrected chi connectivity index (χ0v) is 18.5. The number of nitroso groups, excluding NO2 is 1. The fourth-order valence-electron chi connectivity index (χ4n) is 3.95. The Balaban J connectivity index is 1.27. The van der Waals surface area contributed by atoms with Gasteiger partial charge in [0.1, 0.15) is 0 Å². The molecule has 2 aliphatic carbocycles. The molecule has 0 saturated heterocycles. The summed E-state index contributed by atoms with van der Waals surface area (Å²) in [4.78, 5) is 22.2. The normalized spacial score (nSPS) is 21.2. The van der Waals surface area contributed by atoms with Gasteiger partial charge in [-0.25, -0.2) is 0 Å². The second-order valence-electron chi connectivity index (χ2n) is 9.19. The molecule has 164 valence electrons. The average molecular weight is 429 g/mol. The summed E-state index contributed by atoms with van der Waals surface area (Å²) in [5, 5.41) is 3.40. The Morgan fingerprint density at radius 2 is 1.91 bits per heavy atom. The lowest BCUT2D eigenvalue weighted by Crippen LogP contribution is -2.25. The third-order valence-corrected chi connectivity index (χ3v) is 6.28. The SMILES string of the molecule is CC1C=Nc2ccc(C[N+](=O)c3ccc(N=C(C=C(N)C4CC4)C4CC4)cc3)cc2CN1. The monoisotopic (exact) mass is 428 g/mol. The van der Waals surface area contributed by atoms with Crippen LogP contribution in [0.15, 0.2) is 64.2 Å². The summed E-state index contributed by atoms with van der Waals surface area (Å²) >= 11 is 0. The van der Waals surface area contributed by atoms with Crippen LogP contribution in [-0.2, 0) is 13.1 Å². The van der Waals surface area contributed by atoms with Crippen LogP contribution in [0.5, 0.6) is 0 Å². The Morgan fingerprint density at radius 1 is 1.16 bits per heavy atom. The molecule has 32 heavy (non-hydrogen) atoms. The smallest absolute Gasteiger partial charge is 0.256 e. The standard InChI is InChI=1S/C26H30N5O/c1-17-14-29-25-11-2-18(12-21(25)15-28-17)16-31(32)23-9-7-22(8-10-23)30-26(20-5-6-20)13-24(27)19-3-4-19/h2,7-14,17,19-20,28H,3-6,15-16,27H2,1H3/q+1. The van der Waals surface area contributed by atoms with E-state index in [0.29, 0.717) is 24.1 Å². The molecular weight excluding hydrogens is 398 g/mol. The van der Waals surface area contributed by atoms with Gasteiger partial charge in [-0.3, -0.25) is 9.98 Å². The number of nitrogens with one attached hydrogen (secondary N) is 1. The second kappa shape index (κ2) is 8.79. The minimum atomic E-state index is 0.240. The van der Waals surface area contributed by atoms with E-state index in [1.807, 2.05) is 42.6 Å². The molecule has 6 heteroatoms. The van der Waals surface area contributed by atoms with Crippen LogP contribution >= 0.6 is 0 Å². The van der Waals surface area contributed by atoms with E-state index in [2.05, 4.69) is 29.4 Å². The van der Waals surface area contributed by atoms with Gasteiger partial charge in [0.15, 0.2) is 0 Å². The molecule has 2 aromatic rings. The Labute approximate surface area is 188 Å². The number of fused-ring (bicyclic) bond motifs is 1. The first-order chi connectivity index (χ1) is 15.5. The van der Waals surface area contributed by atoms with E-state index in [-0.39, 0.29) is 6.04 Å². The number of nitrogens with two attached hydrogens (primary N) is 1. The quantitative estimate of drug-likeness (QED) is 0.468. The van der Waals surface area contributed by atoms with Crippen LogP contribution in [-0.4, -0.2) is 22.7 Å². The Kier molecular flexibility index (Phi) is 5.70. The number of hydrogen-bond donors (Lipinski definition) is 2. The van der Waals surface area contributed by atoms with Crippen LogP contribution in [0, 0.1) is 16.7 Å². The number of hydrogen-bond acceptors (Lipinski definition) is 5. The van der Waals surface area contributed by atoms with E-state index < -0.39 is 0 Å². The fraction of sp³-hybridized carbons (Fsp3) is 0.385. The largest absolute Gasteiger partial charge is 0.402 e. The number of rotatable bonds is 7. The zero-order chi connectivity index (χ0) is 22.1. The van der Waals surface area contributed by atoms with Gasteiger partial charge in [0.2, 0.25) is 6.54 Å². The topological polar surface area (TPSA) is 82.8 Å². The van der Waals surface area contributed by atoms with E-state index >= 15 is 0 Å². The zero-order valence-electron chi connectivity index (χ0n) is 18.5. The summed E-state index contributed by atoms with van der Waals surface area (Å²) < 4.78 is 1.03. The lowest BCUT2D eigenvalue weighted by atomic mass is 10.1. The van der Waals surface area contributed by atoms with E-state index in [0.717, 1.165) is 45.2 Å².